The first-order valence-electron chi connectivity index (χ1n) is 11.1. The molecule has 1 aliphatic carbocycles. The zero-order chi connectivity index (χ0) is 26.1. The molecule has 0 saturated carbocycles. The van der Waals surface area contributed by atoms with Crippen LogP contribution in [0.2, 0.25) is 0 Å². The van der Waals surface area contributed by atoms with Gasteiger partial charge in [-0.2, -0.15) is 5.26 Å². The Morgan fingerprint density at radius 2 is 2.16 bits per heavy atom. The van der Waals surface area contributed by atoms with Gasteiger partial charge in [0.2, 0.25) is 11.0 Å². The minimum atomic E-state index is -0.879. The summed E-state index contributed by atoms with van der Waals surface area (Å²) in [6.07, 6.45) is 3.00. The number of nitrogens with two attached hydrogens (primary N) is 1. The lowest BCUT2D eigenvalue weighted by atomic mass is 9.78. The van der Waals surface area contributed by atoms with Crippen molar-refractivity contribution < 1.29 is 22.8 Å². The van der Waals surface area contributed by atoms with Crippen LogP contribution in [0.1, 0.15) is 30.9 Å². The molecule has 0 saturated heterocycles. The Bertz CT molecular complexity index is 1490. The van der Waals surface area contributed by atoms with Crippen molar-refractivity contribution in [2.75, 3.05) is 16.0 Å². The number of anilines is 2. The van der Waals surface area contributed by atoms with Gasteiger partial charge in [-0.1, -0.05) is 23.1 Å². The van der Waals surface area contributed by atoms with Gasteiger partial charge in [0.15, 0.2) is 10.1 Å². The number of Topliss-reactive ketones (excluding diaryl/α,β-unsaturated/α-hetero) is 1. The smallest absolute Gasteiger partial charge is 0.234 e. The molecule has 0 fully saturated rings. The molecule has 2 aliphatic rings. The minimum absolute atomic E-state index is 0.0864. The highest BCUT2D eigenvalue weighted by Gasteiger charge is 2.42. The Kier molecular flexibility index (Phi) is 6.77. The van der Waals surface area contributed by atoms with Crippen molar-refractivity contribution in [2.45, 2.75) is 29.5 Å². The van der Waals surface area contributed by atoms with E-state index >= 15 is 0 Å². The molecule has 0 bridgehead atoms. The second-order valence-corrected chi connectivity index (χ2v) is 10.3. The highest BCUT2D eigenvalue weighted by molar-refractivity contribution is 8.01. The van der Waals surface area contributed by atoms with E-state index < -0.39 is 23.5 Å². The van der Waals surface area contributed by atoms with Gasteiger partial charge in [0.25, 0.3) is 0 Å². The average Bonchev–Trinajstić information content (AvgIpc) is 3.56. The molecule has 1 unspecified atom stereocenters. The van der Waals surface area contributed by atoms with Crippen LogP contribution in [0.5, 0.6) is 0 Å². The number of aromatic nitrogens is 2. The van der Waals surface area contributed by atoms with Crippen LogP contribution in [0.25, 0.3) is 0 Å². The number of benzene rings is 1. The number of thioether (sulfide) groups is 1. The fourth-order valence-electron chi connectivity index (χ4n) is 4.30. The van der Waals surface area contributed by atoms with Crippen LogP contribution < -0.4 is 16.0 Å². The third-order valence-electron chi connectivity index (χ3n) is 5.86. The van der Waals surface area contributed by atoms with Crippen molar-refractivity contribution in [3.8, 4) is 6.07 Å². The van der Waals surface area contributed by atoms with Crippen molar-refractivity contribution in [1.82, 2.24) is 10.2 Å². The summed E-state index contributed by atoms with van der Waals surface area (Å²) in [6, 6.07) is 8.40. The van der Waals surface area contributed by atoms with E-state index in [2.05, 4.69) is 21.6 Å². The number of carbonyl (C=O) groups is 2. The summed E-state index contributed by atoms with van der Waals surface area (Å²) in [6.45, 7) is 0. The maximum atomic E-state index is 13.8. The lowest BCUT2D eigenvalue weighted by Gasteiger charge is -2.37. The highest BCUT2D eigenvalue weighted by atomic mass is 32.2. The number of nitrogens with one attached hydrogen (secondary N) is 1. The van der Waals surface area contributed by atoms with Gasteiger partial charge in [0.05, 0.1) is 35.3 Å². The minimum Gasteiger partial charge on any atom is -0.468 e. The topological polar surface area (TPSA) is 138 Å². The molecular weight excluding hydrogens is 522 g/mol. The number of rotatable bonds is 6. The summed E-state index contributed by atoms with van der Waals surface area (Å²) in [4.78, 5) is 26.9. The number of hydrogen-bond donors (Lipinski definition) is 2. The van der Waals surface area contributed by atoms with Crippen molar-refractivity contribution in [3.63, 3.8) is 0 Å². The molecule has 3 N–H and O–H groups in total. The van der Waals surface area contributed by atoms with Crippen LogP contribution in [0, 0.1) is 23.0 Å². The number of nitrogens with zero attached hydrogens (tertiary/aromatic N) is 4. The zero-order valence-electron chi connectivity index (χ0n) is 19.0. The molecule has 1 atom stereocenters. The second kappa shape index (κ2) is 10.2. The standard InChI is InChI=1S/C24H18F2N6O3S2/c25-12-6-7-15(14(26)9-12)29-19(34)11-36-24-31-30-23(37-24)32-16-3-1-4-17(33)21(16)20(13(10-27)22(32)28)18-5-2-8-35-18/h2,5-9,20H,1,3-4,11,28H2,(H,29,34). The molecule has 1 aromatic carbocycles. The van der Waals surface area contributed by atoms with Crippen LogP contribution in [-0.2, 0) is 9.59 Å². The van der Waals surface area contributed by atoms with E-state index in [-0.39, 0.29) is 28.6 Å². The normalized spacial score (nSPS) is 17.6. The van der Waals surface area contributed by atoms with Crippen LogP contribution in [0.4, 0.5) is 19.6 Å². The van der Waals surface area contributed by atoms with Gasteiger partial charge in [-0.05, 0) is 37.1 Å². The fourth-order valence-corrected chi connectivity index (χ4v) is 5.98. The highest BCUT2D eigenvalue weighted by Crippen LogP contribution is 2.47. The Morgan fingerprint density at radius 1 is 1.32 bits per heavy atom. The Hall–Kier alpha value is -4.02. The molecule has 188 valence electrons. The lowest BCUT2D eigenvalue weighted by molar-refractivity contribution is -0.116. The number of ketones is 1. The van der Waals surface area contributed by atoms with Crippen molar-refractivity contribution in [2.24, 2.45) is 5.73 Å². The van der Waals surface area contributed by atoms with Crippen LogP contribution in [0.3, 0.4) is 0 Å². The van der Waals surface area contributed by atoms with Gasteiger partial charge >= 0.3 is 0 Å². The fraction of sp³-hybridized carbons (Fsp3) is 0.208. The monoisotopic (exact) mass is 540 g/mol. The van der Waals surface area contributed by atoms with Crippen LogP contribution >= 0.6 is 23.1 Å². The van der Waals surface area contributed by atoms with E-state index in [1.54, 1.807) is 17.0 Å². The maximum Gasteiger partial charge on any atom is 0.234 e. The maximum absolute atomic E-state index is 13.8. The summed E-state index contributed by atoms with van der Waals surface area (Å²) < 4.78 is 32.8. The van der Waals surface area contributed by atoms with Crippen LogP contribution in [0.15, 0.2) is 68.0 Å². The quantitative estimate of drug-likeness (QED) is 0.434. The molecule has 9 nitrogen and oxygen atoms in total. The summed E-state index contributed by atoms with van der Waals surface area (Å²) in [5.74, 6) is -2.43. The van der Waals surface area contributed by atoms with Crippen molar-refractivity contribution in [1.29, 1.82) is 5.26 Å². The first-order chi connectivity index (χ1) is 17.9. The molecule has 0 spiro atoms. The molecule has 1 aliphatic heterocycles. The lowest BCUT2D eigenvalue weighted by Crippen LogP contribution is -2.38. The predicted octanol–water partition coefficient (Wildman–Crippen LogP) is 4.44. The number of carbonyl (C=O) groups excluding carboxylic acids is 2. The molecule has 37 heavy (non-hydrogen) atoms. The van der Waals surface area contributed by atoms with Gasteiger partial charge < -0.3 is 15.5 Å². The SMILES string of the molecule is N#CC1=C(N)N(c2nnc(SCC(=O)Nc3ccc(F)cc3F)s2)C2=C(C(=O)CCC2)C1c1ccco1. The van der Waals surface area contributed by atoms with Gasteiger partial charge in [0, 0.05) is 23.8 Å². The van der Waals surface area contributed by atoms with E-state index in [1.807, 2.05) is 0 Å². The molecule has 2 aromatic heterocycles. The molecule has 5 rings (SSSR count). The Balaban J connectivity index is 1.39. The summed E-state index contributed by atoms with van der Waals surface area (Å²) in [7, 11) is 0. The summed E-state index contributed by atoms with van der Waals surface area (Å²) >= 11 is 2.20. The Morgan fingerprint density at radius 3 is 2.89 bits per heavy atom. The third kappa shape index (κ3) is 4.73. The largest absolute Gasteiger partial charge is 0.468 e. The van der Waals surface area contributed by atoms with E-state index in [9.17, 15) is 23.6 Å². The summed E-state index contributed by atoms with van der Waals surface area (Å²) in [5.41, 5.74) is 7.60. The number of amides is 1. The van der Waals surface area contributed by atoms with Gasteiger partial charge in [-0.25, -0.2) is 8.78 Å². The zero-order valence-corrected chi connectivity index (χ0v) is 20.7. The number of hydrogen-bond acceptors (Lipinski definition) is 10. The van der Waals surface area contributed by atoms with Crippen molar-refractivity contribution in [3.05, 3.63) is 76.7 Å². The van der Waals surface area contributed by atoms with Gasteiger partial charge in [-0.3, -0.25) is 14.5 Å². The van der Waals surface area contributed by atoms with E-state index in [0.29, 0.717) is 51.8 Å². The molecule has 3 heterocycles. The number of halogens is 2. The average molecular weight is 541 g/mol. The van der Waals surface area contributed by atoms with E-state index in [4.69, 9.17) is 10.2 Å². The number of furan rings is 1. The number of nitriles is 1. The first kappa shape index (κ1) is 24.7. The molecular formula is C24H18F2N6O3S2. The van der Waals surface area contributed by atoms with Crippen LogP contribution in [-0.4, -0.2) is 27.6 Å². The molecule has 13 heteroatoms. The predicted molar refractivity (Wildman–Crippen MR) is 132 cm³/mol. The molecule has 1 amide bonds. The number of allylic oxidation sites excluding steroid dienone is 3. The van der Waals surface area contributed by atoms with Crippen molar-refractivity contribution >= 4 is 45.6 Å². The third-order valence-corrected chi connectivity index (χ3v) is 7.90. The Labute approximate surface area is 217 Å². The van der Waals surface area contributed by atoms with Gasteiger partial charge in [-0.15, -0.1) is 10.2 Å². The molecule has 3 aromatic rings. The second-order valence-electron chi connectivity index (χ2n) is 8.14. The molecule has 0 radical (unpaired) electrons. The van der Waals surface area contributed by atoms with Gasteiger partial charge in [0.1, 0.15) is 23.2 Å². The van der Waals surface area contributed by atoms with E-state index in [1.165, 1.54) is 6.26 Å². The first-order valence-corrected chi connectivity index (χ1v) is 12.9. The summed E-state index contributed by atoms with van der Waals surface area (Å²) in [5, 5.41) is 21.0. The van der Waals surface area contributed by atoms with E-state index in [0.717, 1.165) is 35.2 Å².